The Morgan fingerprint density at radius 3 is 2.41 bits per heavy atom. The summed E-state index contributed by atoms with van der Waals surface area (Å²) in [5.74, 6) is 2.33. The second-order valence-corrected chi connectivity index (χ2v) is 6.41. The van der Waals surface area contributed by atoms with Gasteiger partial charge in [-0.15, -0.1) is 0 Å². The molecule has 146 valence electrons. The molecule has 29 heavy (non-hydrogen) atoms. The maximum atomic E-state index is 6.05. The fourth-order valence-corrected chi connectivity index (χ4v) is 3.34. The molecule has 0 aliphatic heterocycles. The Bertz CT molecular complexity index is 1190. The Labute approximate surface area is 169 Å². The Balaban J connectivity index is 1.81. The van der Waals surface area contributed by atoms with E-state index >= 15 is 0 Å². The molecule has 0 saturated heterocycles. The van der Waals surface area contributed by atoms with Crippen LogP contribution in [0.5, 0.6) is 17.2 Å². The summed E-state index contributed by atoms with van der Waals surface area (Å²) in [6.45, 7) is 3.81. The zero-order valence-corrected chi connectivity index (χ0v) is 16.6. The van der Waals surface area contributed by atoms with Crippen LogP contribution in [-0.4, -0.2) is 26.3 Å². The maximum absolute atomic E-state index is 6.05. The van der Waals surface area contributed by atoms with Gasteiger partial charge in [0.2, 0.25) is 11.6 Å². The van der Waals surface area contributed by atoms with Gasteiger partial charge in [0, 0.05) is 11.1 Å². The molecule has 0 spiro atoms. The second-order valence-electron chi connectivity index (χ2n) is 6.41. The Morgan fingerprint density at radius 1 is 0.862 bits per heavy atom. The van der Waals surface area contributed by atoms with Gasteiger partial charge in [-0.2, -0.15) is 0 Å². The largest absolute Gasteiger partial charge is 0.493 e. The van der Waals surface area contributed by atoms with E-state index in [9.17, 15) is 0 Å². The minimum Gasteiger partial charge on any atom is -0.493 e. The second kappa shape index (κ2) is 7.72. The molecule has 5 heteroatoms. The van der Waals surface area contributed by atoms with E-state index < -0.39 is 0 Å². The fraction of sp³-hybridized carbons (Fsp3) is 0.125. The fourth-order valence-electron chi connectivity index (χ4n) is 3.34. The Kier molecular flexibility index (Phi) is 4.96. The van der Waals surface area contributed by atoms with Crippen LogP contribution in [0.3, 0.4) is 0 Å². The van der Waals surface area contributed by atoms with Gasteiger partial charge in [0.15, 0.2) is 17.1 Å². The molecule has 4 rings (SSSR count). The van der Waals surface area contributed by atoms with E-state index in [1.165, 1.54) is 0 Å². The summed E-state index contributed by atoms with van der Waals surface area (Å²) in [4.78, 5) is 4.62. The van der Waals surface area contributed by atoms with E-state index in [1.807, 2.05) is 54.6 Å². The summed E-state index contributed by atoms with van der Waals surface area (Å²) in [7, 11) is 4.80. The predicted molar refractivity (Wildman–Crippen MR) is 115 cm³/mol. The van der Waals surface area contributed by atoms with Gasteiger partial charge in [-0.05, 0) is 47.5 Å². The molecule has 1 heterocycles. The van der Waals surface area contributed by atoms with Crippen molar-refractivity contribution in [2.24, 2.45) is 0 Å². The lowest BCUT2D eigenvalue weighted by Gasteiger charge is -2.15. The van der Waals surface area contributed by atoms with Gasteiger partial charge in [0.05, 0.1) is 21.3 Å². The molecule has 0 aliphatic carbocycles. The minimum atomic E-state index is 0.548. The zero-order chi connectivity index (χ0) is 20.4. The summed E-state index contributed by atoms with van der Waals surface area (Å²) in [6, 6.07) is 17.6. The highest BCUT2D eigenvalue weighted by Gasteiger charge is 2.18. The smallest absolute Gasteiger partial charge is 0.227 e. The number of ether oxygens (including phenoxy) is 3. The van der Waals surface area contributed by atoms with Crippen molar-refractivity contribution in [3.8, 4) is 39.8 Å². The maximum Gasteiger partial charge on any atom is 0.227 e. The zero-order valence-electron chi connectivity index (χ0n) is 16.6. The summed E-state index contributed by atoms with van der Waals surface area (Å²) >= 11 is 0. The number of aromatic nitrogens is 1. The summed E-state index contributed by atoms with van der Waals surface area (Å²) in [5, 5.41) is 0. The molecular weight excluding hydrogens is 366 g/mol. The van der Waals surface area contributed by atoms with E-state index in [0.717, 1.165) is 27.8 Å². The summed E-state index contributed by atoms with van der Waals surface area (Å²) in [5.41, 5.74) is 5.20. The third-order valence-corrected chi connectivity index (χ3v) is 4.77. The topological polar surface area (TPSA) is 53.7 Å². The van der Waals surface area contributed by atoms with Crippen LogP contribution in [0.1, 0.15) is 5.56 Å². The Hall–Kier alpha value is -3.73. The van der Waals surface area contributed by atoms with Gasteiger partial charge in [0.1, 0.15) is 5.52 Å². The number of methoxy groups -OCH3 is 3. The lowest BCUT2D eigenvalue weighted by molar-refractivity contribution is 0.325. The lowest BCUT2D eigenvalue weighted by atomic mass is 10.0. The molecule has 5 nitrogen and oxygen atoms in total. The standard InChI is InChI=1S/C24H21NO4/c1-5-15-7-6-8-17(13-15)24-25-19-11-9-16(14-21(19)29-24)18-10-12-20(26-2)23(28-4)22(18)27-3/h5-14H,1H2,2-4H3. The summed E-state index contributed by atoms with van der Waals surface area (Å²) < 4.78 is 22.5. The third-order valence-electron chi connectivity index (χ3n) is 4.77. The number of benzene rings is 3. The first-order valence-electron chi connectivity index (χ1n) is 9.11. The van der Waals surface area contributed by atoms with Crippen LogP contribution in [0, 0.1) is 0 Å². The van der Waals surface area contributed by atoms with Crippen LogP contribution >= 0.6 is 0 Å². The van der Waals surface area contributed by atoms with Gasteiger partial charge in [-0.3, -0.25) is 0 Å². The van der Waals surface area contributed by atoms with Crippen molar-refractivity contribution < 1.29 is 18.6 Å². The predicted octanol–water partition coefficient (Wildman–Crippen LogP) is 5.83. The minimum absolute atomic E-state index is 0.548. The van der Waals surface area contributed by atoms with Gasteiger partial charge >= 0.3 is 0 Å². The van der Waals surface area contributed by atoms with Crippen molar-refractivity contribution in [2.75, 3.05) is 21.3 Å². The average Bonchev–Trinajstić information content (AvgIpc) is 3.21. The highest BCUT2D eigenvalue weighted by atomic mass is 16.5. The highest BCUT2D eigenvalue weighted by molar-refractivity contribution is 5.85. The molecular formula is C24H21NO4. The van der Waals surface area contributed by atoms with Crippen LogP contribution in [0.15, 0.2) is 65.6 Å². The quantitative estimate of drug-likeness (QED) is 0.417. The number of hydrogen-bond donors (Lipinski definition) is 0. The van der Waals surface area contributed by atoms with E-state index in [0.29, 0.717) is 28.7 Å². The molecule has 4 aromatic rings. The van der Waals surface area contributed by atoms with Gasteiger partial charge < -0.3 is 18.6 Å². The number of rotatable bonds is 6. The average molecular weight is 387 g/mol. The SMILES string of the molecule is C=Cc1cccc(-c2nc3ccc(-c4ccc(OC)c(OC)c4OC)cc3o2)c1. The first-order valence-corrected chi connectivity index (χ1v) is 9.11. The summed E-state index contributed by atoms with van der Waals surface area (Å²) in [6.07, 6.45) is 1.80. The van der Waals surface area contributed by atoms with Crippen molar-refractivity contribution in [2.45, 2.75) is 0 Å². The normalized spacial score (nSPS) is 10.7. The number of hydrogen-bond acceptors (Lipinski definition) is 5. The van der Waals surface area contributed by atoms with Crippen molar-refractivity contribution in [1.82, 2.24) is 4.98 Å². The van der Waals surface area contributed by atoms with Gasteiger partial charge in [-0.1, -0.05) is 30.9 Å². The molecule has 0 N–H and O–H groups in total. The number of nitrogens with zero attached hydrogens (tertiary/aromatic N) is 1. The van der Waals surface area contributed by atoms with E-state index in [4.69, 9.17) is 18.6 Å². The van der Waals surface area contributed by atoms with Crippen molar-refractivity contribution >= 4 is 17.2 Å². The number of fused-ring (bicyclic) bond motifs is 1. The molecule has 0 unspecified atom stereocenters. The molecule has 0 saturated carbocycles. The van der Waals surface area contributed by atoms with Crippen LogP contribution in [0.2, 0.25) is 0 Å². The van der Waals surface area contributed by atoms with Crippen LogP contribution in [0.4, 0.5) is 0 Å². The molecule has 0 fully saturated rings. The Morgan fingerprint density at radius 2 is 1.69 bits per heavy atom. The van der Waals surface area contributed by atoms with Crippen molar-refractivity contribution in [3.05, 3.63) is 66.7 Å². The van der Waals surface area contributed by atoms with E-state index in [-0.39, 0.29) is 0 Å². The van der Waals surface area contributed by atoms with Gasteiger partial charge in [-0.25, -0.2) is 4.98 Å². The van der Waals surface area contributed by atoms with Crippen LogP contribution < -0.4 is 14.2 Å². The molecule has 1 aromatic heterocycles. The molecule has 0 aliphatic rings. The monoisotopic (exact) mass is 387 g/mol. The van der Waals surface area contributed by atoms with Crippen LogP contribution in [0.25, 0.3) is 39.8 Å². The highest BCUT2D eigenvalue weighted by Crippen LogP contribution is 2.44. The first-order chi connectivity index (χ1) is 14.2. The van der Waals surface area contributed by atoms with Gasteiger partial charge in [0.25, 0.3) is 0 Å². The molecule has 0 radical (unpaired) electrons. The van der Waals surface area contributed by atoms with E-state index in [1.54, 1.807) is 27.4 Å². The molecule has 3 aromatic carbocycles. The van der Waals surface area contributed by atoms with Crippen molar-refractivity contribution in [3.63, 3.8) is 0 Å². The third kappa shape index (κ3) is 3.31. The molecule has 0 amide bonds. The van der Waals surface area contributed by atoms with Crippen LogP contribution in [-0.2, 0) is 0 Å². The number of oxazole rings is 1. The van der Waals surface area contributed by atoms with E-state index in [2.05, 4.69) is 11.6 Å². The first kappa shape index (κ1) is 18.6. The molecule has 0 atom stereocenters. The van der Waals surface area contributed by atoms with Crippen molar-refractivity contribution in [1.29, 1.82) is 0 Å². The molecule has 0 bridgehead atoms. The lowest BCUT2D eigenvalue weighted by Crippen LogP contribution is -1.96.